The molecule has 1 unspecified atom stereocenters. The van der Waals surface area contributed by atoms with Crippen LogP contribution in [0.4, 0.5) is 0 Å². The van der Waals surface area contributed by atoms with Gasteiger partial charge in [-0.3, -0.25) is 9.89 Å². The molecule has 1 aromatic carbocycles. The van der Waals surface area contributed by atoms with E-state index >= 15 is 0 Å². The quantitative estimate of drug-likeness (QED) is 0.620. The van der Waals surface area contributed by atoms with Crippen molar-refractivity contribution >= 4 is 48.9 Å². The minimum atomic E-state index is -3.26. The van der Waals surface area contributed by atoms with Crippen LogP contribution >= 0.6 is 22.9 Å². The molecule has 3 aliphatic carbocycles. The molecular weight excluding hydrogens is 432 g/mol. The maximum Gasteiger partial charge on any atom is 0.272 e. The molecule has 0 aliphatic heterocycles. The van der Waals surface area contributed by atoms with Crippen molar-refractivity contribution in [2.45, 2.75) is 42.4 Å². The maximum absolute atomic E-state index is 12.6. The Morgan fingerprint density at radius 3 is 2.72 bits per heavy atom. The standard InChI is InChI=1S/C19H19ClN4O3S2/c1-10(29(2,26)27)13-6-14(24-23-13)16(25)22-19-7-18(8-19,9-19)17-21-12-4-3-11(20)5-15(12)28-17/h3-6,10H,7-9H2,1-2H3,(H,22,25)(H,23,24). The van der Waals surface area contributed by atoms with Gasteiger partial charge in [-0.05, 0) is 50.5 Å². The Hall–Kier alpha value is -1.97. The van der Waals surface area contributed by atoms with Gasteiger partial charge in [-0.25, -0.2) is 13.4 Å². The number of aromatic nitrogens is 3. The van der Waals surface area contributed by atoms with Crippen LogP contribution in [-0.4, -0.2) is 41.3 Å². The summed E-state index contributed by atoms with van der Waals surface area (Å²) in [6, 6.07) is 7.24. The summed E-state index contributed by atoms with van der Waals surface area (Å²) in [5.74, 6) is -0.280. The number of nitrogens with zero attached hydrogens (tertiary/aromatic N) is 2. The highest BCUT2D eigenvalue weighted by molar-refractivity contribution is 7.90. The lowest BCUT2D eigenvalue weighted by molar-refractivity contribution is -0.0808. The molecule has 1 amide bonds. The largest absolute Gasteiger partial charge is 0.345 e. The van der Waals surface area contributed by atoms with Crippen molar-refractivity contribution < 1.29 is 13.2 Å². The van der Waals surface area contributed by atoms with Crippen molar-refractivity contribution in [2.75, 3.05) is 6.26 Å². The fraction of sp³-hybridized carbons (Fsp3) is 0.421. The van der Waals surface area contributed by atoms with Gasteiger partial charge >= 0.3 is 0 Å². The lowest BCUT2D eigenvalue weighted by Gasteiger charge is -2.69. The zero-order chi connectivity index (χ0) is 20.6. The van der Waals surface area contributed by atoms with Gasteiger partial charge < -0.3 is 5.32 Å². The van der Waals surface area contributed by atoms with E-state index < -0.39 is 15.1 Å². The van der Waals surface area contributed by atoms with Gasteiger partial charge in [0.2, 0.25) is 0 Å². The topological polar surface area (TPSA) is 105 Å². The van der Waals surface area contributed by atoms with Crippen molar-refractivity contribution in [1.82, 2.24) is 20.5 Å². The van der Waals surface area contributed by atoms with E-state index in [1.165, 1.54) is 6.07 Å². The summed E-state index contributed by atoms with van der Waals surface area (Å²) in [5, 5.41) is 10.8. The molecule has 2 bridgehead atoms. The van der Waals surface area contributed by atoms with Crippen molar-refractivity contribution in [3.8, 4) is 0 Å². The summed E-state index contributed by atoms with van der Waals surface area (Å²) in [4.78, 5) is 17.4. The Bertz CT molecular complexity index is 1240. The molecule has 0 radical (unpaired) electrons. The fourth-order valence-corrected chi connectivity index (χ4v) is 6.48. The van der Waals surface area contributed by atoms with E-state index in [9.17, 15) is 13.2 Å². The zero-order valence-corrected chi connectivity index (χ0v) is 18.2. The van der Waals surface area contributed by atoms with Crippen LogP contribution in [0.5, 0.6) is 0 Å². The number of nitrogens with one attached hydrogen (secondary N) is 2. The third kappa shape index (κ3) is 2.98. The molecule has 3 fully saturated rings. The van der Waals surface area contributed by atoms with E-state index in [2.05, 4.69) is 15.5 Å². The van der Waals surface area contributed by atoms with E-state index in [4.69, 9.17) is 16.6 Å². The number of amides is 1. The lowest BCUT2D eigenvalue weighted by atomic mass is 9.39. The number of benzene rings is 1. The lowest BCUT2D eigenvalue weighted by Crippen LogP contribution is -2.76. The van der Waals surface area contributed by atoms with Crippen molar-refractivity contribution in [1.29, 1.82) is 0 Å². The Labute approximate surface area is 176 Å². The molecule has 0 saturated heterocycles. The first kappa shape index (κ1) is 19.0. The van der Waals surface area contributed by atoms with Crippen molar-refractivity contribution in [3.05, 3.63) is 45.7 Å². The number of hydrogen-bond acceptors (Lipinski definition) is 6. The van der Waals surface area contributed by atoms with Gasteiger partial charge in [-0.15, -0.1) is 11.3 Å². The second-order valence-corrected chi connectivity index (χ2v) is 12.2. The van der Waals surface area contributed by atoms with Gasteiger partial charge in [0.25, 0.3) is 5.91 Å². The first-order valence-electron chi connectivity index (χ1n) is 9.23. The molecule has 1 atom stereocenters. The second kappa shape index (κ2) is 6.02. The highest BCUT2D eigenvalue weighted by Gasteiger charge is 2.70. The van der Waals surface area contributed by atoms with E-state index in [1.807, 2.05) is 18.2 Å². The van der Waals surface area contributed by atoms with Gasteiger partial charge in [-0.2, -0.15) is 5.10 Å². The second-order valence-electron chi connectivity index (χ2n) is 8.36. The number of halogens is 1. The molecule has 10 heteroatoms. The minimum absolute atomic E-state index is 0.0466. The number of aromatic amines is 1. The average Bonchev–Trinajstić information content (AvgIpc) is 3.21. The predicted molar refractivity (Wildman–Crippen MR) is 112 cm³/mol. The highest BCUT2D eigenvalue weighted by Crippen LogP contribution is 2.68. The normalized spacial score (nSPS) is 26.6. The number of hydrogen-bond donors (Lipinski definition) is 2. The summed E-state index contributed by atoms with van der Waals surface area (Å²) in [7, 11) is -3.26. The van der Waals surface area contributed by atoms with Gasteiger partial charge in [0, 0.05) is 22.2 Å². The van der Waals surface area contributed by atoms with Crippen molar-refractivity contribution in [3.63, 3.8) is 0 Å². The summed E-state index contributed by atoms with van der Waals surface area (Å²) in [6.45, 7) is 1.57. The van der Waals surface area contributed by atoms with E-state index in [-0.39, 0.29) is 22.6 Å². The Morgan fingerprint density at radius 2 is 2.03 bits per heavy atom. The first-order valence-corrected chi connectivity index (χ1v) is 12.4. The molecule has 2 heterocycles. The summed E-state index contributed by atoms with van der Waals surface area (Å²) >= 11 is 7.75. The van der Waals surface area contributed by atoms with Crippen LogP contribution < -0.4 is 5.32 Å². The van der Waals surface area contributed by atoms with Crippen LogP contribution in [0, 0.1) is 0 Å². The minimum Gasteiger partial charge on any atom is -0.345 e. The summed E-state index contributed by atoms with van der Waals surface area (Å²) in [5.41, 5.74) is 1.42. The predicted octanol–water partition coefficient (Wildman–Crippen LogP) is 3.38. The Balaban J connectivity index is 1.27. The number of fused-ring (bicyclic) bond motifs is 1. The molecular formula is C19H19ClN4O3S2. The van der Waals surface area contributed by atoms with Crippen LogP contribution in [0.25, 0.3) is 10.2 Å². The fourth-order valence-electron chi connectivity index (χ4n) is 4.47. The molecule has 6 rings (SSSR count). The molecule has 3 aliphatic rings. The average molecular weight is 451 g/mol. The first-order chi connectivity index (χ1) is 13.6. The molecule has 2 aromatic heterocycles. The van der Waals surface area contributed by atoms with Crippen LogP contribution in [-0.2, 0) is 15.3 Å². The molecule has 3 saturated carbocycles. The molecule has 29 heavy (non-hydrogen) atoms. The summed E-state index contributed by atoms with van der Waals surface area (Å²) in [6.07, 6.45) is 3.73. The number of carbonyl (C=O) groups is 1. The molecule has 0 spiro atoms. The van der Waals surface area contributed by atoms with Gasteiger partial charge in [-0.1, -0.05) is 11.6 Å². The number of carbonyl (C=O) groups excluding carboxylic acids is 1. The molecule has 2 N–H and O–H groups in total. The smallest absolute Gasteiger partial charge is 0.272 e. The number of thiazole rings is 1. The van der Waals surface area contributed by atoms with Crippen LogP contribution in [0.15, 0.2) is 24.3 Å². The maximum atomic E-state index is 12.6. The SMILES string of the molecule is CC(c1cc(C(=O)NC23CC(c4nc5ccc(Cl)cc5s4)(C2)C3)n[nH]1)S(C)(=O)=O. The third-order valence-corrected chi connectivity index (χ3v) is 9.16. The van der Waals surface area contributed by atoms with Gasteiger partial charge in [0.15, 0.2) is 9.84 Å². The molecule has 152 valence electrons. The van der Waals surface area contributed by atoms with Crippen LogP contribution in [0.1, 0.15) is 52.6 Å². The van der Waals surface area contributed by atoms with Gasteiger partial charge in [0.1, 0.15) is 10.7 Å². The van der Waals surface area contributed by atoms with Gasteiger partial charge in [0.05, 0.1) is 21.2 Å². The molecule has 7 nitrogen and oxygen atoms in total. The van der Waals surface area contributed by atoms with E-state index in [0.29, 0.717) is 10.7 Å². The van der Waals surface area contributed by atoms with E-state index in [0.717, 1.165) is 40.7 Å². The third-order valence-electron chi connectivity index (χ3n) is 6.12. The van der Waals surface area contributed by atoms with Crippen molar-refractivity contribution in [2.24, 2.45) is 0 Å². The number of H-pyrrole nitrogens is 1. The molecule has 3 aromatic rings. The number of rotatable bonds is 5. The Morgan fingerprint density at radius 1 is 1.31 bits per heavy atom. The summed E-state index contributed by atoms with van der Waals surface area (Å²) < 4.78 is 24.5. The van der Waals surface area contributed by atoms with E-state index in [1.54, 1.807) is 18.3 Å². The van der Waals surface area contributed by atoms with Crippen LogP contribution in [0.3, 0.4) is 0 Å². The monoisotopic (exact) mass is 450 g/mol. The number of sulfone groups is 1. The zero-order valence-electron chi connectivity index (χ0n) is 15.8. The highest BCUT2D eigenvalue weighted by atomic mass is 35.5. The Kier molecular flexibility index (Phi) is 3.95. The van der Waals surface area contributed by atoms with Crippen LogP contribution in [0.2, 0.25) is 5.02 Å².